The Bertz CT molecular complexity index is 2460. The van der Waals surface area contributed by atoms with Gasteiger partial charge in [-0.25, -0.2) is 9.59 Å². The van der Waals surface area contributed by atoms with Gasteiger partial charge in [-0.05, 0) is 185 Å². The second-order valence-corrected chi connectivity index (χ2v) is 23.9. The van der Waals surface area contributed by atoms with Crippen molar-refractivity contribution in [1.29, 1.82) is 0 Å². The van der Waals surface area contributed by atoms with E-state index in [1.165, 1.54) is 83.7 Å². The largest absolute Gasteiger partial charge is 0.481 e. The molecule has 6 aliphatic rings. The smallest absolute Gasteiger partial charge is 0.410 e. The number of hydrogen-bond acceptors (Lipinski definition) is 7. The number of benzene rings is 2. The highest BCUT2D eigenvalue weighted by Crippen LogP contribution is 2.47. The minimum absolute atomic E-state index is 0.103. The van der Waals surface area contributed by atoms with Gasteiger partial charge in [-0.2, -0.15) is 0 Å². The number of amides is 3. The molecule has 2 aromatic heterocycles. The second kappa shape index (κ2) is 22.4. The lowest BCUT2D eigenvalue weighted by atomic mass is 9.74. The summed E-state index contributed by atoms with van der Waals surface area (Å²) in [6.45, 7) is 14.5. The van der Waals surface area contributed by atoms with Crippen molar-refractivity contribution in [3.8, 4) is 0 Å². The summed E-state index contributed by atoms with van der Waals surface area (Å²) >= 11 is 0. The van der Waals surface area contributed by atoms with Gasteiger partial charge < -0.3 is 44.6 Å². The molecule has 4 N–H and O–H groups in total. The van der Waals surface area contributed by atoms with Crippen LogP contribution in [0.2, 0.25) is 0 Å². The summed E-state index contributed by atoms with van der Waals surface area (Å²) in [4.78, 5) is 61.8. The van der Waals surface area contributed by atoms with Crippen molar-refractivity contribution in [3.05, 3.63) is 71.0 Å². The van der Waals surface area contributed by atoms with Crippen molar-refractivity contribution in [1.82, 2.24) is 30.0 Å². The molecule has 13 heteroatoms. The summed E-state index contributed by atoms with van der Waals surface area (Å²) in [5, 5.41) is 15.4. The second-order valence-electron chi connectivity index (χ2n) is 23.9. The molecule has 4 fully saturated rings. The molecule has 71 heavy (non-hydrogen) atoms. The Morgan fingerprint density at radius 1 is 0.620 bits per heavy atom. The fourth-order valence-electron chi connectivity index (χ4n) is 12.2. The summed E-state index contributed by atoms with van der Waals surface area (Å²) in [6.07, 6.45) is 16.4. The normalized spacial score (nSPS) is 24.6. The number of carbonyl (C=O) groups is 4. The monoisotopic (exact) mass is 977 g/mol. The molecule has 2 atom stereocenters. The SMILES string of the molecule is CN(CC1CCC(C(=O)N2CCc3c([nH]c4ccccc34)C2C2CCC2)CC1)C(=O)OC(C)(C)C.CN(CC1CCC(C(=O)O)CC1)C(=O)OC(C)(C)C.c1ccc2c3c([nH]c2c1)C(C1CCC1)NCC3. The number of carboxylic acids is 1. The highest BCUT2D eigenvalue weighted by atomic mass is 16.6. The maximum Gasteiger partial charge on any atom is 0.410 e. The Morgan fingerprint density at radius 2 is 1.08 bits per heavy atom. The van der Waals surface area contributed by atoms with E-state index >= 15 is 0 Å². The van der Waals surface area contributed by atoms with Gasteiger partial charge in [0.05, 0.1) is 18.0 Å². The summed E-state index contributed by atoms with van der Waals surface area (Å²) in [5.74, 6) is 1.81. The molecule has 13 nitrogen and oxygen atoms in total. The molecule has 10 rings (SSSR count). The maximum atomic E-state index is 13.9. The molecule has 0 bridgehead atoms. The van der Waals surface area contributed by atoms with Crippen LogP contribution in [0.1, 0.15) is 166 Å². The number of para-hydroxylation sites is 2. The van der Waals surface area contributed by atoms with Gasteiger partial charge in [-0.3, -0.25) is 9.59 Å². The van der Waals surface area contributed by atoms with E-state index in [2.05, 4.69) is 68.7 Å². The zero-order valence-electron chi connectivity index (χ0n) is 44.1. The zero-order valence-corrected chi connectivity index (χ0v) is 44.1. The number of rotatable bonds is 8. The quantitative estimate of drug-likeness (QED) is 0.136. The lowest BCUT2D eigenvalue weighted by molar-refractivity contribution is -0.143. The van der Waals surface area contributed by atoms with E-state index in [-0.39, 0.29) is 30.1 Å². The summed E-state index contributed by atoms with van der Waals surface area (Å²) in [6, 6.07) is 18.1. The molecule has 4 aromatic rings. The third-order valence-corrected chi connectivity index (χ3v) is 16.3. The van der Waals surface area contributed by atoms with Gasteiger partial charge in [0.15, 0.2) is 0 Å². The molecule has 0 saturated heterocycles. The average Bonchev–Trinajstić information content (AvgIpc) is 3.87. The van der Waals surface area contributed by atoms with Crippen LogP contribution in [0.25, 0.3) is 21.8 Å². The highest BCUT2D eigenvalue weighted by Gasteiger charge is 2.43. The van der Waals surface area contributed by atoms with Crippen LogP contribution in [0.4, 0.5) is 9.59 Å². The lowest BCUT2D eigenvalue weighted by Gasteiger charge is -2.45. The molecule has 2 aliphatic heterocycles. The van der Waals surface area contributed by atoms with Gasteiger partial charge in [-0.1, -0.05) is 49.2 Å². The number of carbonyl (C=O) groups excluding carboxylic acids is 3. The Balaban J connectivity index is 0.000000158. The number of nitrogens with zero attached hydrogens (tertiary/aromatic N) is 3. The number of H-pyrrole nitrogens is 2. The van der Waals surface area contributed by atoms with Crippen LogP contribution in [-0.2, 0) is 31.9 Å². The number of aromatic nitrogens is 2. The van der Waals surface area contributed by atoms with Crippen LogP contribution in [0.5, 0.6) is 0 Å². The minimum Gasteiger partial charge on any atom is -0.481 e. The maximum absolute atomic E-state index is 13.9. The van der Waals surface area contributed by atoms with Crippen molar-refractivity contribution >= 4 is 45.9 Å². The Kier molecular flexibility index (Phi) is 16.5. The van der Waals surface area contributed by atoms with Gasteiger partial charge >= 0.3 is 18.2 Å². The number of ether oxygens (including phenoxy) is 2. The van der Waals surface area contributed by atoms with E-state index in [9.17, 15) is 19.2 Å². The van der Waals surface area contributed by atoms with Crippen molar-refractivity contribution in [2.45, 2.75) is 168 Å². The molecule has 0 spiro atoms. The average molecular weight is 977 g/mol. The van der Waals surface area contributed by atoms with Crippen LogP contribution in [0, 0.1) is 35.5 Å². The van der Waals surface area contributed by atoms with E-state index in [0.29, 0.717) is 55.6 Å². The summed E-state index contributed by atoms with van der Waals surface area (Å²) in [7, 11) is 3.55. The molecule has 3 amide bonds. The first-order valence-electron chi connectivity index (χ1n) is 27.2. The van der Waals surface area contributed by atoms with Crippen LogP contribution in [-0.4, -0.2) is 105 Å². The van der Waals surface area contributed by atoms with Gasteiger partial charge in [0.25, 0.3) is 0 Å². The molecule has 2 unspecified atom stereocenters. The fourth-order valence-corrected chi connectivity index (χ4v) is 12.2. The summed E-state index contributed by atoms with van der Waals surface area (Å²) < 4.78 is 10.8. The molecular formula is C58H84N6O7. The minimum atomic E-state index is -0.695. The molecule has 0 radical (unpaired) electrons. The van der Waals surface area contributed by atoms with E-state index in [1.54, 1.807) is 22.4 Å². The number of hydrogen-bond donors (Lipinski definition) is 4. The van der Waals surface area contributed by atoms with E-state index < -0.39 is 17.2 Å². The summed E-state index contributed by atoms with van der Waals surface area (Å²) in [5.41, 5.74) is 7.31. The number of aromatic amines is 2. The fraction of sp³-hybridized carbons (Fsp3) is 0.655. The molecule has 388 valence electrons. The third kappa shape index (κ3) is 12.8. The van der Waals surface area contributed by atoms with Crippen LogP contribution in [0.3, 0.4) is 0 Å². The first-order chi connectivity index (χ1) is 33.8. The van der Waals surface area contributed by atoms with Crippen LogP contribution >= 0.6 is 0 Å². The first-order valence-corrected chi connectivity index (χ1v) is 27.2. The Labute approximate surface area is 422 Å². The van der Waals surface area contributed by atoms with Gasteiger partial charge in [0, 0.05) is 72.8 Å². The van der Waals surface area contributed by atoms with E-state index in [0.717, 1.165) is 64.0 Å². The van der Waals surface area contributed by atoms with E-state index in [1.807, 2.05) is 48.6 Å². The van der Waals surface area contributed by atoms with Crippen molar-refractivity contribution < 1.29 is 33.8 Å². The molecule has 4 heterocycles. The highest BCUT2D eigenvalue weighted by molar-refractivity contribution is 5.87. The molecular weight excluding hydrogens is 893 g/mol. The Morgan fingerprint density at radius 3 is 1.55 bits per heavy atom. The topological polar surface area (TPSA) is 160 Å². The van der Waals surface area contributed by atoms with Gasteiger partial charge in [-0.15, -0.1) is 0 Å². The predicted octanol–water partition coefficient (Wildman–Crippen LogP) is 12.0. The van der Waals surface area contributed by atoms with Gasteiger partial charge in [0.1, 0.15) is 11.2 Å². The Hall–Kier alpha value is -5.04. The van der Waals surface area contributed by atoms with Crippen LogP contribution in [0.15, 0.2) is 48.5 Å². The van der Waals surface area contributed by atoms with Crippen molar-refractivity contribution in [3.63, 3.8) is 0 Å². The molecule has 4 saturated carbocycles. The zero-order chi connectivity index (χ0) is 50.6. The van der Waals surface area contributed by atoms with E-state index in [4.69, 9.17) is 14.6 Å². The molecule has 4 aliphatic carbocycles. The van der Waals surface area contributed by atoms with Gasteiger partial charge in [0.2, 0.25) is 5.91 Å². The standard InChI is InChI=1S/C29H41N3O3.C15H18N2.C14H25NO4/c1-29(2,3)35-28(34)31(4)18-19-12-14-21(15-13-19)27(33)32-17-16-23-22-10-5-6-11-24(22)30-25(23)26(32)20-8-7-9-20;1-2-7-13-11(6-1)12-8-9-16-14(15(12)17-13)10-4-3-5-10;1-14(2,3)19-13(18)15(4)9-10-5-7-11(8-6-10)12(16)17/h5-6,10-11,19-21,26,30H,7-9,12-18H2,1-4H3;1-2,6-7,10,14,16-17H,3-5,8-9H2;10-11H,5-9H2,1-4H3,(H,16,17). The lowest BCUT2D eigenvalue weighted by Crippen LogP contribution is -2.47. The first kappa shape index (κ1) is 52.3. The number of fused-ring (bicyclic) bond motifs is 6. The van der Waals surface area contributed by atoms with Crippen LogP contribution < -0.4 is 5.32 Å². The number of aliphatic carboxylic acids is 1. The molecule has 2 aromatic carbocycles. The van der Waals surface area contributed by atoms with Crippen molar-refractivity contribution in [2.75, 3.05) is 40.3 Å². The van der Waals surface area contributed by atoms with Crippen molar-refractivity contribution in [2.24, 2.45) is 35.5 Å². The third-order valence-electron chi connectivity index (χ3n) is 16.3. The number of carboxylic acid groups (broad SMARTS) is 1. The number of nitrogens with one attached hydrogen (secondary N) is 3. The predicted molar refractivity (Wildman–Crippen MR) is 280 cm³/mol.